The van der Waals surface area contributed by atoms with Gasteiger partial charge in [-0.3, -0.25) is 0 Å². The van der Waals surface area contributed by atoms with Gasteiger partial charge >= 0.3 is 0 Å². The highest BCUT2D eigenvalue weighted by Gasteiger charge is 2.41. The first-order chi connectivity index (χ1) is 17.0. The van der Waals surface area contributed by atoms with E-state index < -0.39 is 6.10 Å². The Balaban J connectivity index is 1.39. The van der Waals surface area contributed by atoms with Gasteiger partial charge in [-0.25, -0.2) is 4.39 Å². The minimum Gasteiger partial charge on any atom is -0.508 e. The number of phenols is 2. The fraction of sp³-hybridized carbons (Fsp3) is 0.200. The molecule has 0 saturated carbocycles. The zero-order valence-corrected chi connectivity index (χ0v) is 19.3. The lowest BCUT2D eigenvalue weighted by Gasteiger charge is -2.50. The number of halogens is 1. The largest absolute Gasteiger partial charge is 0.508 e. The number of nitrogens with zero attached hydrogens (tertiary/aromatic N) is 1. The van der Waals surface area contributed by atoms with E-state index in [-0.39, 0.29) is 29.3 Å². The van der Waals surface area contributed by atoms with Crippen molar-refractivity contribution in [1.82, 2.24) is 0 Å². The van der Waals surface area contributed by atoms with Crippen LogP contribution in [0.4, 0.5) is 10.1 Å². The zero-order valence-electron chi connectivity index (χ0n) is 19.3. The number of rotatable bonds is 7. The second-order valence-corrected chi connectivity index (χ2v) is 9.16. The Morgan fingerprint density at radius 1 is 0.829 bits per heavy atom. The van der Waals surface area contributed by atoms with E-state index in [1.165, 1.54) is 12.1 Å². The number of aliphatic hydroxyl groups excluding tert-OH is 1. The van der Waals surface area contributed by atoms with Gasteiger partial charge in [0.1, 0.15) is 17.3 Å². The molecule has 0 spiro atoms. The maximum absolute atomic E-state index is 13.2. The molecule has 0 aliphatic carbocycles. The molecule has 4 nitrogen and oxygen atoms in total. The number of anilines is 1. The molecule has 1 saturated heterocycles. The maximum Gasteiger partial charge on any atom is 0.123 e. The highest BCUT2D eigenvalue weighted by molar-refractivity contribution is 5.68. The van der Waals surface area contributed by atoms with Crippen LogP contribution in [-0.2, 0) is 0 Å². The van der Waals surface area contributed by atoms with Crippen molar-refractivity contribution in [1.29, 1.82) is 0 Å². The number of aromatic hydroxyl groups is 2. The third kappa shape index (κ3) is 4.86. The van der Waals surface area contributed by atoms with E-state index >= 15 is 0 Å². The highest BCUT2D eigenvalue weighted by atomic mass is 19.1. The van der Waals surface area contributed by atoms with Gasteiger partial charge in [0.2, 0.25) is 0 Å². The van der Waals surface area contributed by atoms with E-state index in [1.807, 2.05) is 36.4 Å². The lowest BCUT2D eigenvalue weighted by molar-refractivity contribution is 0.143. The Labute approximate surface area is 204 Å². The molecule has 1 heterocycles. The van der Waals surface area contributed by atoms with Gasteiger partial charge in [-0.15, -0.1) is 0 Å². The van der Waals surface area contributed by atoms with Crippen LogP contribution in [0.2, 0.25) is 0 Å². The van der Waals surface area contributed by atoms with Crippen molar-refractivity contribution in [3.8, 4) is 22.6 Å². The minimum absolute atomic E-state index is 0.0314. The smallest absolute Gasteiger partial charge is 0.123 e. The molecular weight excluding hydrogens is 441 g/mol. The molecule has 3 atom stereocenters. The highest BCUT2D eigenvalue weighted by Crippen LogP contribution is 2.48. The van der Waals surface area contributed by atoms with Crippen molar-refractivity contribution in [3.05, 3.63) is 114 Å². The summed E-state index contributed by atoms with van der Waals surface area (Å²) in [6.45, 7) is 0.818. The van der Waals surface area contributed by atoms with Crippen molar-refractivity contribution in [2.24, 2.45) is 5.92 Å². The predicted octanol–water partition coefficient (Wildman–Crippen LogP) is 6.60. The number of hydrogen-bond donors (Lipinski definition) is 3. The number of phenolic OH excluding ortho intramolecular Hbond substituents is 2. The molecule has 3 N–H and O–H groups in total. The quantitative estimate of drug-likeness (QED) is 0.286. The molecule has 0 radical (unpaired) electrons. The second-order valence-electron chi connectivity index (χ2n) is 9.16. The average Bonchev–Trinajstić information content (AvgIpc) is 2.85. The summed E-state index contributed by atoms with van der Waals surface area (Å²) in [7, 11) is 0. The maximum atomic E-state index is 13.2. The Morgan fingerprint density at radius 3 is 2.29 bits per heavy atom. The summed E-state index contributed by atoms with van der Waals surface area (Å²) in [5.41, 5.74) is 4.30. The summed E-state index contributed by atoms with van der Waals surface area (Å²) >= 11 is 0. The summed E-state index contributed by atoms with van der Waals surface area (Å²) in [5, 5.41) is 31.5. The lowest BCUT2D eigenvalue weighted by atomic mass is 9.78. The normalized spacial score (nSPS) is 18.2. The summed E-state index contributed by atoms with van der Waals surface area (Å²) in [6, 6.07) is 28.7. The SMILES string of the molecule is Oc1cccc(-c2ccc([C@@H]3[C@H](CC[C@H](O)c4ccc(F)cc4)CN3c3ccccc3)c(O)c2)c1. The van der Waals surface area contributed by atoms with E-state index in [0.29, 0.717) is 12.0 Å². The molecule has 1 aliphatic rings. The van der Waals surface area contributed by atoms with Crippen LogP contribution in [0.3, 0.4) is 0 Å². The molecule has 0 amide bonds. The predicted molar refractivity (Wildman–Crippen MR) is 136 cm³/mol. The molecule has 0 aromatic heterocycles. The minimum atomic E-state index is -0.663. The van der Waals surface area contributed by atoms with Crippen molar-refractivity contribution < 1.29 is 19.7 Å². The monoisotopic (exact) mass is 469 g/mol. The van der Waals surface area contributed by atoms with Gasteiger partial charge in [-0.05, 0) is 72.0 Å². The average molecular weight is 470 g/mol. The Kier molecular flexibility index (Phi) is 6.43. The van der Waals surface area contributed by atoms with E-state index in [1.54, 1.807) is 36.4 Å². The molecule has 5 rings (SSSR count). The first-order valence-corrected chi connectivity index (χ1v) is 11.9. The van der Waals surface area contributed by atoms with Crippen molar-refractivity contribution in [2.75, 3.05) is 11.4 Å². The fourth-order valence-corrected chi connectivity index (χ4v) is 5.02. The topological polar surface area (TPSA) is 63.9 Å². The van der Waals surface area contributed by atoms with Crippen LogP contribution in [0.1, 0.15) is 36.1 Å². The molecule has 1 fully saturated rings. The van der Waals surface area contributed by atoms with Crippen molar-refractivity contribution in [2.45, 2.75) is 25.0 Å². The lowest BCUT2D eigenvalue weighted by Crippen LogP contribution is -2.50. The van der Waals surface area contributed by atoms with E-state index in [4.69, 9.17) is 0 Å². The third-order valence-corrected chi connectivity index (χ3v) is 6.90. The zero-order chi connectivity index (χ0) is 24.4. The van der Waals surface area contributed by atoms with Crippen LogP contribution in [0, 0.1) is 11.7 Å². The molecule has 0 unspecified atom stereocenters. The number of benzene rings is 4. The molecule has 4 aromatic rings. The van der Waals surface area contributed by atoms with Crippen molar-refractivity contribution in [3.63, 3.8) is 0 Å². The molecule has 178 valence electrons. The van der Waals surface area contributed by atoms with Gasteiger partial charge < -0.3 is 20.2 Å². The van der Waals surface area contributed by atoms with Crippen LogP contribution in [0.25, 0.3) is 11.1 Å². The Hall–Kier alpha value is -3.83. The van der Waals surface area contributed by atoms with Crippen LogP contribution in [0.5, 0.6) is 11.5 Å². The van der Waals surface area contributed by atoms with Gasteiger partial charge in [0, 0.05) is 23.7 Å². The number of aliphatic hydroxyl groups is 1. The van der Waals surface area contributed by atoms with Gasteiger partial charge in [-0.2, -0.15) is 0 Å². The third-order valence-electron chi connectivity index (χ3n) is 6.90. The van der Waals surface area contributed by atoms with Gasteiger partial charge in [0.25, 0.3) is 0 Å². The number of para-hydroxylation sites is 1. The van der Waals surface area contributed by atoms with Crippen LogP contribution in [0.15, 0.2) is 97.1 Å². The van der Waals surface area contributed by atoms with Gasteiger partial charge in [-0.1, -0.05) is 54.6 Å². The van der Waals surface area contributed by atoms with E-state index in [2.05, 4.69) is 17.0 Å². The first kappa shape index (κ1) is 22.9. The molecular formula is C30H28FNO3. The molecule has 0 bridgehead atoms. The summed E-state index contributed by atoms with van der Waals surface area (Å²) in [5.74, 6) is 0.312. The molecule has 5 heteroatoms. The number of hydrogen-bond acceptors (Lipinski definition) is 4. The van der Waals surface area contributed by atoms with Gasteiger partial charge in [0.05, 0.1) is 12.1 Å². The van der Waals surface area contributed by atoms with Crippen molar-refractivity contribution >= 4 is 5.69 Å². The first-order valence-electron chi connectivity index (χ1n) is 11.9. The molecule has 4 aromatic carbocycles. The van der Waals surface area contributed by atoms with E-state index in [9.17, 15) is 19.7 Å². The Bertz CT molecular complexity index is 1290. The summed E-state index contributed by atoms with van der Waals surface area (Å²) in [4.78, 5) is 2.28. The van der Waals surface area contributed by atoms with Crippen LogP contribution < -0.4 is 4.90 Å². The second kappa shape index (κ2) is 9.80. The Morgan fingerprint density at radius 2 is 1.57 bits per heavy atom. The molecule has 1 aliphatic heterocycles. The summed E-state index contributed by atoms with van der Waals surface area (Å²) < 4.78 is 13.2. The summed E-state index contributed by atoms with van der Waals surface area (Å²) in [6.07, 6.45) is 0.654. The van der Waals surface area contributed by atoms with E-state index in [0.717, 1.165) is 35.3 Å². The molecule has 35 heavy (non-hydrogen) atoms. The van der Waals surface area contributed by atoms with Gasteiger partial charge in [0.15, 0.2) is 0 Å². The fourth-order valence-electron chi connectivity index (χ4n) is 5.02. The standard InChI is InChI=1S/C30H28FNO3/c31-24-13-9-20(10-14-24)28(34)16-12-23-19-32(25-6-2-1-3-7-25)30(23)27-15-11-22(18-29(27)35)21-5-4-8-26(33)17-21/h1-11,13-15,17-18,23,28,30,33-35H,12,16,19H2/t23-,28+,30+/m1/s1. The van der Waals surface area contributed by atoms with Crippen LogP contribution in [-0.4, -0.2) is 21.9 Å². The van der Waals surface area contributed by atoms with Crippen LogP contribution >= 0.6 is 0 Å².